The van der Waals surface area contributed by atoms with Gasteiger partial charge in [-0.15, -0.1) is 0 Å². The van der Waals surface area contributed by atoms with E-state index in [0.29, 0.717) is 11.8 Å². The van der Waals surface area contributed by atoms with Crippen LogP contribution in [0.25, 0.3) is 0 Å². The molecule has 0 aromatic carbocycles. The van der Waals surface area contributed by atoms with Crippen molar-refractivity contribution >= 4 is 17.8 Å². The van der Waals surface area contributed by atoms with Crippen molar-refractivity contribution in [3.8, 4) is 0 Å². The maximum Gasteiger partial charge on any atom is 0.410 e. The van der Waals surface area contributed by atoms with Crippen LogP contribution in [-0.4, -0.2) is 58.6 Å². The molecule has 8 heteroatoms. The first-order chi connectivity index (χ1) is 13.2. The van der Waals surface area contributed by atoms with Crippen molar-refractivity contribution in [2.75, 3.05) is 31.1 Å². The second kappa shape index (κ2) is 8.32. The molecular formula is C20H31N5O3. The third-order valence-electron chi connectivity index (χ3n) is 5.58. The molecule has 1 aromatic rings. The van der Waals surface area contributed by atoms with Gasteiger partial charge in [-0.1, -0.05) is 0 Å². The van der Waals surface area contributed by atoms with E-state index >= 15 is 0 Å². The Balaban J connectivity index is 1.48. The van der Waals surface area contributed by atoms with E-state index in [0.717, 1.165) is 57.7 Å². The van der Waals surface area contributed by atoms with Gasteiger partial charge in [0.2, 0.25) is 5.82 Å². The Morgan fingerprint density at radius 2 is 1.64 bits per heavy atom. The molecule has 3 heterocycles. The Labute approximate surface area is 166 Å². The summed E-state index contributed by atoms with van der Waals surface area (Å²) in [5, 5.41) is 0. The average molecular weight is 390 g/mol. The van der Waals surface area contributed by atoms with E-state index < -0.39 is 11.5 Å². The van der Waals surface area contributed by atoms with Crippen LogP contribution in [0.2, 0.25) is 0 Å². The molecule has 2 amide bonds. The fraction of sp³-hybridized carbons (Fsp3) is 0.700. The number of ether oxygens (including phenoxy) is 1. The van der Waals surface area contributed by atoms with E-state index in [4.69, 9.17) is 10.5 Å². The highest BCUT2D eigenvalue weighted by molar-refractivity contribution is 5.89. The third-order valence-corrected chi connectivity index (χ3v) is 5.58. The lowest BCUT2D eigenvalue weighted by Gasteiger charge is -2.40. The predicted octanol–water partition coefficient (Wildman–Crippen LogP) is 2.44. The van der Waals surface area contributed by atoms with Crippen molar-refractivity contribution < 1.29 is 14.3 Å². The van der Waals surface area contributed by atoms with Crippen molar-refractivity contribution in [2.45, 2.75) is 52.1 Å². The molecule has 0 spiro atoms. The standard InChI is InChI=1S/C20H31N5O3/c1-20(2,3)28-19(27)25-12-7-15(8-13-25)14-5-10-24(11-6-14)16-4-9-22-18(23-16)17(21)26/h4,9,14-15H,5-8,10-13H2,1-3H3,(H2,21,26). The number of carbonyl (C=O) groups is 2. The van der Waals surface area contributed by atoms with Crippen molar-refractivity contribution in [3.63, 3.8) is 0 Å². The molecule has 2 N–H and O–H groups in total. The lowest BCUT2D eigenvalue weighted by molar-refractivity contribution is 0.0152. The summed E-state index contributed by atoms with van der Waals surface area (Å²) in [7, 11) is 0. The fourth-order valence-corrected chi connectivity index (χ4v) is 4.12. The highest BCUT2D eigenvalue weighted by atomic mass is 16.6. The van der Waals surface area contributed by atoms with Crippen LogP contribution in [0.4, 0.5) is 10.6 Å². The molecule has 28 heavy (non-hydrogen) atoms. The second-order valence-corrected chi connectivity index (χ2v) is 8.73. The van der Waals surface area contributed by atoms with E-state index in [-0.39, 0.29) is 11.9 Å². The number of primary amides is 1. The molecule has 0 unspecified atom stereocenters. The summed E-state index contributed by atoms with van der Waals surface area (Å²) >= 11 is 0. The zero-order chi connectivity index (χ0) is 20.3. The highest BCUT2D eigenvalue weighted by Gasteiger charge is 2.32. The summed E-state index contributed by atoms with van der Waals surface area (Å²) in [6.07, 6.45) is 5.63. The van der Waals surface area contributed by atoms with Gasteiger partial charge in [0.25, 0.3) is 5.91 Å². The Morgan fingerprint density at radius 3 is 2.18 bits per heavy atom. The van der Waals surface area contributed by atoms with Crippen LogP contribution in [0.5, 0.6) is 0 Å². The highest BCUT2D eigenvalue weighted by Crippen LogP contribution is 2.33. The minimum atomic E-state index is -0.603. The number of anilines is 1. The average Bonchev–Trinajstić information content (AvgIpc) is 2.67. The van der Waals surface area contributed by atoms with Gasteiger partial charge >= 0.3 is 6.09 Å². The van der Waals surface area contributed by atoms with Crippen LogP contribution in [0.3, 0.4) is 0 Å². The van der Waals surface area contributed by atoms with Crippen molar-refractivity contribution in [1.82, 2.24) is 14.9 Å². The van der Waals surface area contributed by atoms with Crippen LogP contribution < -0.4 is 10.6 Å². The SMILES string of the molecule is CC(C)(C)OC(=O)N1CCC(C2CCN(c3ccnc(C(N)=O)n3)CC2)CC1. The zero-order valence-corrected chi connectivity index (χ0v) is 17.1. The molecule has 0 bridgehead atoms. The van der Waals surface area contributed by atoms with Crippen molar-refractivity contribution in [1.29, 1.82) is 0 Å². The molecule has 2 aliphatic heterocycles. The molecule has 0 aliphatic carbocycles. The molecule has 154 valence electrons. The van der Waals surface area contributed by atoms with Gasteiger partial charge in [-0.3, -0.25) is 4.79 Å². The first-order valence-electron chi connectivity index (χ1n) is 10.1. The first kappa shape index (κ1) is 20.4. The maximum atomic E-state index is 12.2. The van der Waals surface area contributed by atoms with Crippen molar-refractivity contribution in [3.05, 3.63) is 18.1 Å². The largest absolute Gasteiger partial charge is 0.444 e. The molecule has 3 rings (SSSR count). The van der Waals surface area contributed by atoms with Crippen LogP contribution in [0.1, 0.15) is 57.1 Å². The van der Waals surface area contributed by atoms with Gasteiger partial charge in [0.15, 0.2) is 0 Å². The Morgan fingerprint density at radius 1 is 1.07 bits per heavy atom. The van der Waals surface area contributed by atoms with Gasteiger partial charge in [0.05, 0.1) is 0 Å². The number of hydrogen-bond donors (Lipinski definition) is 1. The van der Waals surface area contributed by atoms with E-state index in [1.807, 2.05) is 31.7 Å². The Bertz CT molecular complexity index is 702. The summed E-state index contributed by atoms with van der Waals surface area (Å²) in [6.45, 7) is 9.06. The van der Waals surface area contributed by atoms with E-state index in [9.17, 15) is 9.59 Å². The number of nitrogens with zero attached hydrogens (tertiary/aromatic N) is 4. The van der Waals surface area contributed by atoms with Crippen LogP contribution >= 0.6 is 0 Å². The number of nitrogens with two attached hydrogens (primary N) is 1. The normalized spacial score (nSPS) is 19.5. The molecular weight excluding hydrogens is 358 g/mol. The monoisotopic (exact) mass is 389 g/mol. The lowest BCUT2D eigenvalue weighted by atomic mass is 9.79. The molecule has 2 aliphatic rings. The number of carbonyl (C=O) groups excluding carboxylic acids is 2. The zero-order valence-electron chi connectivity index (χ0n) is 17.1. The number of aromatic nitrogens is 2. The number of likely N-dealkylation sites (tertiary alicyclic amines) is 1. The van der Waals surface area contributed by atoms with Gasteiger partial charge in [-0.2, -0.15) is 0 Å². The number of piperidine rings is 2. The van der Waals surface area contributed by atoms with Gasteiger partial charge in [-0.25, -0.2) is 14.8 Å². The predicted molar refractivity (Wildman–Crippen MR) is 106 cm³/mol. The first-order valence-corrected chi connectivity index (χ1v) is 10.1. The molecule has 8 nitrogen and oxygen atoms in total. The van der Waals surface area contributed by atoms with Gasteiger partial charge in [0.1, 0.15) is 11.4 Å². The molecule has 0 radical (unpaired) electrons. The summed E-state index contributed by atoms with van der Waals surface area (Å²) in [6, 6.07) is 1.83. The third kappa shape index (κ3) is 5.11. The molecule has 0 atom stereocenters. The quantitative estimate of drug-likeness (QED) is 0.852. The summed E-state index contributed by atoms with van der Waals surface area (Å²) in [4.78, 5) is 35.7. The van der Waals surface area contributed by atoms with Crippen LogP contribution in [0.15, 0.2) is 12.3 Å². The number of hydrogen-bond acceptors (Lipinski definition) is 6. The van der Waals surface area contributed by atoms with E-state index in [2.05, 4.69) is 14.9 Å². The smallest absolute Gasteiger partial charge is 0.410 e. The lowest BCUT2D eigenvalue weighted by Crippen LogP contribution is -2.44. The van der Waals surface area contributed by atoms with Gasteiger partial charge in [-0.05, 0) is 64.4 Å². The van der Waals surface area contributed by atoms with Crippen LogP contribution in [-0.2, 0) is 4.74 Å². The minimum absolute atomic E-state index is 0.0640. The summed E-state index contributed by atoms with van der Waals surface area (Å²) < 4.78 is 5.48. The molecule has 2 saturated heterocycles. The summed E-state index contributed by atoms with van der Waals surface area (Å²) in [5.41, 5.74) is 4.83. The van der Waals surface area contributed by atoms with Gasteiger partial charge in [0, 0.05) is 32.4 Å². The maximum absolute atomic E-state index is 12.2. The van der Waals surface area contributed by atoms with Gasteiger partial charge < -0.3 is 20.3 Å². The molecule has 1 aromatic heterocycles. The molecule has 0 saturated carbocycles. The Hall–Kier alpha value is -2.38. The molecule has 2 fully saturated rings. The van der Waals surface area contributed by atoms with E-state index in [1.165, 1.54) is 0 Å². The van der Waals surface area contributed by atoms with Crippen LogP contribution in [0, 0.1) is 11.8 Å². The number of rotatable bonds is 3. The van der Waals surface area contributed by atoms with E-state index in [1.54, 1.807) is 6.20 Å². The number of amides is 2. The topological polar surface area (TPSA) is 102 Å². The van der Waals surface area contributed by atoms with Crippen molar-refractivity contribution in [2.24, 2.45) is 17.6 Å². The minimum Gasteiger partial charge on any atom is -0.444 e. The fourth-order valence-electron chi connectivity index (χ4n) is 4.12. The summed E-state index contributed by atoms with van der Waals surface area (Å²) in [5.74, 6) is 1.53. The second-order valence-electron chi connectivity index (χ2n) is 8.73. The Kier molecular flexibility index (Phi) is 6.05.